The monoisotopic (exact) mass is 252 g/mol. The van der Waals surface area contributed by atoms with Gasteiger partial charge in [-0.2, -0.15) is 5.26 Å². The molecule has 0 aliphatic heterocycles. The molecule has 0 aliphatic rings. The van der Waals surface area contributed by atoms with E-state index in [2.05, 4.69) is 15.3 Å². The maximum absolute atomic E-state index is 11.0. The number of nitriles is 1. The molecule has 1 aromatic heterocycles. The fourth-order valence-corrected chi connectivity index (χ4v) is 2.01. The maximum Gasteiger partial charge on any atom is 0.224 e. The van der Waals surface area contributed by atoms with Crippen molar-refractivity contribution in [3.05, 3.63) is 17.5 Å². The van der Waals surface area contributed by atoms with Crippen LogP contribution in [-0.4, -0.2) is 32.2 Å². The molecule has 0 saturated carbocycles. The van der Waals surface area contributed by atoms with Gasteiger partial charge in [-0.15, -0.1) is 0 Å². The SMILES string of the molecule is Cc1cc(C#N)nc(NC(C)CCS(C)=O)n1. The summed E-state index contributed by atoms with van der Waals surface area (Å²) in [6.07, 6.45) is 2.46. The van der Waals surface area contributed by atoms with Gasteiger partial charge in [-0.3, -0.25) is 4.21 Å². The number of hydrogen-bond donors (Lipinski definition) is 1. The molecule has 0 spiro atoms. The van der Waals surface area contributed by atoms with Crippen molar-refractivity contribution in [3.63, 3.8) is 0 Å². The fraction of sp³-hybridized carbons (Fsp3) is 0.545. The molecule has 17 heavy (non-hydrogen) atoms. The van der Waals surface area contributed by atoms with Crippen LogP contribution in [0.25, 0.3) is 0 Å². The van der Waals surface area contributed by atoms with Crippen LogP contribution in [-0.2, 0) is 10.8 Å². The van der Waals surface area contributed by atoms with E-state index in [1.807, 2.05) is 19.9 Å². The van der Waals surface area contributed by atoms with Crippen LogP contribution in [0.15, 0.2) is 6.07 Å². The lowest BCUT2D eigenvalue weighted by Gasteiger charge is -2.13. The van der Waals surface area contributed by atoms with Gasteiger partial charge in [0.25, 0.3) is 0 Å². The Labute approximate surface area is 104 Å². The summed E-state index contributed by atoms with van der Waals surface area (Å²) < 4.78 is 11.0. The molecule has 0 bridgehead atoms. The van der Waals surface area contributed by atoms with E-state index in [0.29, 0.717) is 17.4 Å². The second-order valence-electron chi connectivity index (χ2n) is 3.94. The second kappa shape index (κ2) is 6.30. The summed E-state index contributed by atoms with van der Waals surface area (Å²) in [6.45, 7) is 3.80. The van der Waals surface area contributed by atoms with Crippen molar-refractivity contribution in [3.8, 4) is 6.07 Å². The van der Waals surface area contributed by atoms with Crippen molar-refractivity contribution in [1.82, 2.24) is 9.97 Å². The van der Waals surface area contributed by atoms with Gasteiger partial charge in [0.1, 0.15) is 11.8 Å². The quantitative estimate of drug-likeness (QED) is 0.852. The van der Waals surface area contributed by atoms with Gasteiger partial charge in [0.15, 0.2) is 0 Å². The minimum Gasteiger partial charge on any atom is -0.352 e. The Morgan fingerprint density at radius 3 is 2.88 bits per heavy atom. The zero-order valence-corrected chi connectivity index (χ0v) is 11.0. The molecule has 2 atom stereocenters. The van der Waals surface area contributed by atoms with Gasteiger partial charge < -0.3 is 5.32 Å². The van der Waals surface area contributed by atoms with Crippen LogP contribution in [0.4, 0.5) is 5.95 Å². The number of anilines is 1. The van der Waals surface area contributed by atoms with E-state index in [9.17, 15) is 4.21 Å². The number of nitrogens with zero attached hydrogens (tertiary/aromatic N) is 3. The molecule has 1 rings (SSSR count). The Morgan fingerprint density at radius 1 is 1.59 bits per heavy atom. The number of nitrogens with one attached hydrogen (secondary N) is 1. The first-order valence-electron chi connectivity index (χ1n) is 5.33. The summed E-state index contributed by atoms with van der Waals surface area (Å²) in [4.78, 5) is 8.26. The second-order valence-corrected chi connectivity index (χ2v) is 5.50. The highest BCUT2D eigenvalue weighted by Gasteiger charge is 2.07. The van der Waals surface area contributed by atoms with Gasteiger partial charge in [-0.25, -0.2) is 9.97 Å². The molecule has 0 fully saturated rings. The van der Waals surface area contributed by atoms with Crippen molar-refractivity contribution in [2.75, 3.05) is 17.3 Å². The topological polar surface area (TPSA) is 78.7 Å². The van der Waals surface area contributed by atoms with E-state index < -0.39 is 10.8 Å². The average Bonchev–Trinajstić information content (AvgIpc) is 2.25. The van der Waals surface area contributed by atoms with Gasteiger partial charge in [0.05, 0.1) is 0 Å². The Morgan fingerprint density at radius 2 is 2.29 bits per heavy atom. The zero-order chi connectivity index (χ0) is 12.8. The van der Waals surface area contributed by atoms with Gasteiger partial charge in [0.2, 0.25) is 5.95 Å². The summed E-state index contributed by atoms with van der Waals surface area (Å²) >= 11 is 0. The number of hydrogen-bond acceptors (Lipinski definition) is 5. The standard InChI is InChI=1S/C11H16N4OS/c1-8(4-5-17(3)16)13-11-14-9(2)6-10(7-12)15-11/h6,8H,4-5H2,1-3H3,(H,13,14,15). The highest BCUT2D eigenvalue weighted by Crippen LogP contribution is 2.07. The lowest BCUT2D eigenvalue weighted by molar-refractivity contribution is 0.677. The molecular weight excluding hydrogens is 236 g/mol. The summed E-state index contributed by atoms with van der Waals surface area (Å²) in [5.74, 6) is 1.10. The van der Waals surface area contributed by atoms with Crippen LogP contribution in [0, 0.1) is 18.3 Å². The van der Waals surface area contributed by atoms with E-state index in [1.165, 1.54) is 0 Å². The van der Waals surface area contributed by atoms with Gasteiger partial charge in [-0.05, 0) is 26.3 Å². The zero-order valence-electron chi connectivity index (χ0n) is 10.2. The molecule has 92 valence electrons. The Kier molecular flexibility index (Phi) is 5.04. The molecular formula is C11H16N4OS. The van der Waals surface area contributed by atoms with Crippen molar-refractivity contribution < 1.29 is 4.21 Å². The van der Waals surface area contributed by atoms with Crippen molar-refractivity contribution in [2.45, 2.75) is 26.3 Å². The fourth-order valence-electron chi connectivity index (χ4n) is 1.33. The molecule has 2 unspecified atom stereocenters. The molecule has 5 nitrogen and oxygen atoms in total. The van der Waals surface area contributed by atoms with Crippen molar-refractivity contribution >= 4 is 16.7 Å². The number of rotatable bonds is 5. The van der Waals surface area contributed by atoms with Crippen LogP contribution in [0.2, 0.25) is 0 Å². The highest BCUT2D eigenvalue weighted by atomic mass is 32.2. The highest BCUT2D eigenvalue weighted by molar-refractivity contribution is 7.84. The molecule has 0 amide bonds. The van der Waals surface area contributed by atoms with E-state index >= 15 is 0 Å². The summed E-state index contributed by atoms with van der Waals surface area (Å²) in [7, 11) is -0.788. The predicted molar refractivity (Wildman–Crippen MR) is 68.1 cm³/mol. The lowest BCUT2D eigenvalue weighted by atomic mass is 10.2. The number of aromatic nitrogens is 2. The van der Waals surface area contributed by atoms with Crippen molar-refractivity contribution in [1.29, 1.82) is 5.26 Å². The third kappa shape index (κ3) is 4.91. The summed E-state index contributed by atoms with van der Waals surface area (Å²) in [6, 6.07) is 3.76. The van der Waals surface area contributed by atoms with Crippen molar-refractivity contribution in [2.24, 2.45) is 0 Å². The average molecular weight is 252 g/mol. The lowest BCUT2D eigenvalue weighted by Crippen LogP contribution is -2.19. The summed E-state index contributed by atoms with van der Waals surface area (Å²) in [5, 5.41) is 11.9. The first-order chi connectivity index (χ1) is 8.01. The van der Waals surface area contributed by atoms with Crippen LogP contribution >= 0.6 is 0 Å². The van der Waals surface area contributed by atoms with Gasteiger partial charge >= 0.3 is 0 Å². The molecule has 1 aromatic rings. The third-order valence-corrected chi connectivity index (χ3v) is 2.99. The number of aryl methyl sites for hydroxylation is 1. The van der Waals surface area contributed by atoms with E-state index in [-0.39, 0.29) is 6.04 Å². The first-order valence-corrected chi connectivity index (χ1v) is 7.06. The normalized spacial score (nSPS) is 13.8. The van der Waals surface area contributed by atoms with E-state index in [4.69, 9.17) is 5.26 Å². The third-order valence-electron chi connectivity index (χ3n) is 2.18. The van der Waals surface area contributed by atoms with Crippen LogP contribution in [0.5, 0.6) is 0 Å². The molecule has 0 aliphatic carbocycles. The molecule has 0 radical (unpaired) electrons. The maximum atomic E-state index is 11.0. The largest absolute Gasteiger partial charge is 0.352 e. The summed E-state index contributed by atoms with van der Waals surface area (Å²) in [5.41, 5.74) is 1.11. The van der Waals surface area contributed by atoms with Crippen LogP contribution in [0.1, 0.15) is 24.7 Å². The molecule has 1 heterocycles. The van der Waals surface area contributed by atoms with E-state index in [1.54, 1.807) is 12.3 Å². The smallest absolute Gasteiger partial charge is 0.224 e. The van der Waals surface area contributed by atoms with Gasteiger partial charge in [0, 0.05) is 34.5 Å². The Balaban J connectivity index is 2.65. The van der Waals surface area contributed by atoms with Crippen LogP contribution < -0.4 is 5.32 Å². The predicted octanol–water partition coefficient (Wildman–Crippen LogP) is 1.23. The molecule has 1 N–H and O–H groups in total. The molecule has 0 aromatic carbocycles. The minimum atomic E-state index is -0.788. The van der Waals surface area contributed by atoms with E-state index in [0.717, 1.165) is 12.1 Å². The van der Waals surface area contributed by atoms with Crippen LogP contribution in [0.3, 0.4) is 0 Å². The molecule has 0 saturated heterocycles. The Bertz CT molecular complexity index is 455. The first kappa shape index (κ1) is 13.6. The Hall–Kier alpha value is -1.48. The van der Waals surface area contributed by atoms with Gasteiger partial charge in [-0.1, -0.05) is 0 Å². The molecule has 6 heteroatoms. The minimum absolute atomic E-state index is 0.132.